The number of hydrogen-bond donors (Lipinski definition) is 1. The highest BCUT2D eigenvalue weighted by molar-refractivity contribution is 5.67. The summed E-state index contributed by atoms with van der Waals surface area (Å²) in [5, 5.41) is 20.7. The van der Waals surface area contributed by atoms with Gasteiger partial charge in [0.1, 0.15) is 0 Å². The monoisotopic (exact) mass is 239 g/mol. The Morgan fingerprint density at radius 2 is 2.35 bits per heavy atom. The Kier molecular flexibility index (Phi) is 3.68. The highest BCUT2D eigenvalue weighted by Crippen LogP contribution is 2.20. The van der Waals surface area contributed by atoms with Gasteiger partial charge in [0.15, 0.2) is 5.82 Å². The van der Waals surface area contributed by atoms with Gasteiger partial charge in [-0.2, -0.15) is 4.80 Å². The summed E-state index contributed by atoms with van der Waals surface area (Å²) in [6.45, 7) is 1.50. The molecule has 7 heteroatoms. The van der Waals surface area contributed by atoms with E-state index in [-0.39, 0.29) is 12.5 Å². The van der Waals surface area contributed by atoms with E-state index >= 15 is 0 Å². The Bertz CT molecular complexity index is 392. The standard InChI is InChI=1S/C10H17N5O2/c1-14-12-9(11-13-14)7-15-5-3-2-4-8(15)6-10(16)17/h8H,2-7H2,1H3,(H,16,17). The molecule has 0 radical (unpaired) electrons. The number of likely N-dealkylation sites (tertiary alicyclic amines) is 1. The van der Waals surface area contributed by atoms with Gasteiger partial charge in [0.05, 0.1) is 20.0 Å². The lowest BCUT2D eigenvalue weighted by Gasteiger charge is -2.33. The number of tetrazole rings is 1. The van der Waals surface area contributed by atoms with Gasteiger partial charge < -0.3 is 5.11 Å². The molecule has 1 aromatic heterocycles. The second kappa shape index (κ2) is 5.22. The molecule has 1 unspecified atom stereocenters. The predicted molar refractivity (Wildman–Crippen MR) is 59.1 cm³/mol. The maximum atomic E-state index is 10.8. The van der Waals surface area contributed by atoms with Crippen molar-refractivity contribution >= 4 is 5.97 Å². The number of aryl methyl sites for hydroxylation is 1. The normalized spacial score (nSPS) is 21.6. The lowest BCUT2D eigenvalue weighted by molar-refractivity contribution is -0.138. The zero-order valence-electron chi connectivity index (χ0n) is 9.91. The van der Waals surface area contributed by atoms with Gasteiger partial charge in [-0.05, 0) is 24.6 Å². The van der Waals surface area contributed by atoms with E-state index in [0.29, 0.717) is 12.4 Å². The third-order valence-electron chi connectivity index (χ3n) is 3.05. The number of carbonyl (C=O) groups is 1. The molecule has 0 aromatic carbocycles. The topological polar surface area (TPSA) is 84.1 Å². The molecule has 0 bridgehead atoms. The molecule has 0 saturated carbocycles. The van der Waals surface area contributed by atoms with Gasteiger partial charge in [-0.15, -0.1) is 10.2 Å². The molecule has 1 aliphatic rings. The van der Waals surface area contributed by atoms with Gasteiger partial charge in [0.2, 0.25) is 0 Å². The van der Waals surface area contributed by atoms with Crippen molar-refractivity contribution in [1.29, 1.82) is 0 Å². The molecular weight excluding hydrogens is 222 g/mol. The Morgan fingerprint density at radius 1 is 1.53 bits per heavy atom. The Balaban J connectivity index is 1.98. The number of nitrogens with zero attached hydrogens (tertiary/aromatic N) is 5. The molecule has 1 fully saturated rings. The Labute approximate surface area is 99.4 Å². The van der Waals surface area contributed by atoms with E-state index in [2.05, 4.69) is 20.3 Å². The third kappa shape index (κ3) is 3.23. The Hall–Kier alpha value is -1.50. The first kappa shape index (κ1) is 12.0. The smallest absolute Gasteiger partial charge is 0.304 e. The fourth-order valence-corrected chi connectivity index (χ4v) is 2.27. The molecule has 0 spiro atoms. The minimum Gasteiger partial charge on any atom is -0.481 e. The molecule has 94 valence electrons. The molecule has 0 aliphatic carbocycles. The maximum Gasteiger partial charge on any atom is 0.304 e. The van der Waals surface area contributed by atoms with Crippen LogP contribution in [0.2, 0.25) is 0 Å². The fourth-order valence-electron chi connectivity index (χ4n) is 2.27. The first-order chi connectivity index (χ1) is 8.15. The minimum absolute atomic E-state index is 0.102. The van der Waals surface area contributed by atoms with Crippen LogP contribution in [0.4, 0.5) is 0 Å². The van der Waals surface area contributed by atoms with Crippen molar-refractivity contribution in [2.45, 2.75) is 38.3 Å². The van der Waals surface area contributed by atoms with Crippen molar-refractivity contribution in [1.82, 2.24) is 25.1 Å². The van der Waals surface area contributed by atoms with Gasteiger partial charge in [-0.3, -0.25) is 9.69 Å². The summed E-state index contributed by atoms with van der Waals surface area (Å²) in [6, 6.07) is 0.102. The number of carboxylic acids is 1. The van der Waals surface area contributed by atoms with Gasteiger partial charge in [0.25, 0.3) is 0 Å². The predicted octanol–water partition coefficient (Wildman–Crippen LogP) is 0.0393. The molecular formula is C10H17N5O2. The number of aromatic nitrogens is 4. The van der Waals surface area contributed by atoms with Crippen LogP contribution in [0.1, 0.15) is 31.5 Å². The molecule has 1 aromatic rings. The zero-order valence-corrected chi connectivity index (χ0v) is 9.91. The molecule has 2 heterocycles. The van der Waals surface area contributed by atoms with Crippen LogP contribution in [0.15, 0.2) is 0 Å². The lowest BCUT2D eigenvalue weighted by Crippen LogP contribution is -2.40. The largest absolute Gasteiger partial charge is 0.481 e. The summed E-state index contributed by atoms with van der Waals surface area (Å²) in [7, 11) is 1.72. The summed E-state index contributed by atoms with van der Waals surface area (Å²) < 4.78 is 0. The van der Waals surface area contributed by atoms with E-state index in [4.69, 9.17) is 5.11 Å². The van der Waals surface area contributed by atoms with Crippen molar-refractivity contribution in [2.75, 3.05) is 6.54 Å². The molecule has 7 nitrogen and oxygen atoms in total. The first-order valence-corrected chi connectivity index (χ1v) is 5.84. The van der Waals surface area contributed by atoms with Crippen LogP contribution < -0.4 is 0 Å². The molecule has 0 amide bonds. The van der Waals surface area contributed by atoms with E-state index in [0.717, 1.165) is 25.8 Å². The van der Waals surface area contributed by atoms with Gasteiger partial charge in [-0.1, -0.05) is 6.42 Å². The van der Waals surface area contributed by atoms with Crippen molar-refractivity contribution in [3.8, 4) is 0 Å². The van der Waals surface area contributed by atoms with Crippen molar-refractivity contribution < 1.29 is 9.90 Å². The average molecular weight is 239 g/mol. The van der Waals surface area contributed by atoms with Gasteiger partial charge in [0, 0.05) is 6.04 Å². The van der Waals surface area contributed by atoms with Crippen LogP contribution in [0.3, 0.4) is 0 Å². The van der Waals surface area contributed by atoms with Crippen LogP contribution >= 0.6 is 0 Å². The summed E-state index contributed by atoms with van der Waals surface area (Å²) in [6.07, 6.45) is 3.34. The molecule has 1 atom stereocenters. The molecule has 1 aliphatic heterocycles. The van der Waals surface area contributed by atoms with E-state index in [1.807, 2.05) is 0 Å². The van der Waals surface area contributed by atoms with Crippen LogP contribution in [0.25, 0.3) is 0 Å². The van der Waals surface area contributed by atoms with Crippen LogP contribution in [0.5, 0.6) is 0 Å². The summed E-state index contributed by atoms with van der Waals surface area (Å²) in [5.41, 5.74) is 0. The van der Waals surface area contributed by atoms with E-state index in [1.54, 1.807) is 7.05 Å². The van der Waals surface area contributed by atoms with E-state index in [9.17, 15) is 4.79 Å². The number of piperidine rings is 1. The second-order valence-corrected chi connectivity index (χ2v) is 4.41. The average Bonchev–Trinajstić information content (AvgIpc) is 2.66. The fraction of sp³-hybridized carbons (Fsp3) is 0.800. The summed E-state index contributed by atoms with van der Waals surface area (Å²) in [4.78, 5) is 14.4. The molecule has 1 saturated heterocycles. The maximum absolute atomic E-state index is 10.8. The van der Waals surface area contributed by atoms with Crippen molar-refractivity contribution in [3.63, 3.8) is 0 Å². The minimum atomic E-state index is -0.742. The van der Waals surface area contributed by atoms with E-state index in [1.165, 1.54) is 4.80 Å². The first-order valence-electron chi connectivity index (χ1n) is 5.84. The highest BCUT2D eigenvalue weighted by atomic mass is 16.4. The second-order valence-electron chi connectivity index (χ2n) is 4.41. The van der Waals surface area contributed by atoms with Crippen molar-refractivity contribution in [2.24, 2.45) is 7.05 Å². The summed E-state index contributed by atoms with van der Waals surface area (Å²) in [5.74, 6) is -0.0845. The molecule has 1 N–H and O–H groups in total. The number of aliphatic carboxylic acids is 1. The highest BCUT2D eigenvalue weighted by Gasteiger charge is 2.25. The van der Waals surface area contributed by atoms with Crippen LogP contribution in [-0.2, 0) is 18.4 Å². The number of rotatable bonds is 4. The van der Waals surface area contributed by atoms with Gasteiger partial charge >= 0.3 is 5.97 Å². The van der Waals surface area contributed by atoms with Gasteiger partial charge in [-0.25, -0.2) is 0 Å². The SMILES string of the molecule is Cn1nnc(CN2CCCCC2CC(=O)O)n1. The van der Waals surface area contributed by atoms with E-state index < -0.39 is 5.97 Å². The number of hydrogen-bond acceptors (Lipinski definition) is 5. The Morgan fingerprint density at radius 3 is 3.00 bits per heavy atom. The molecule has 17 heavy (non-hydrogen) atoms. The van der Waals surface area contributed by atoms with Crippen LogP contribution in [0, 0.1) is 0 Å². The van der Waals surface area contributed by atoms with Crippen molar-refractivity contribution in [3.05, 3.63) is 5.82 Å². The third-order valence-corrected chi connectivity index (χ3v) is 3.05. The molecule has 2 rings (SSSR count). The zero-order chi connectivity index (χ0) is 12.3. The van der Waals surface area contributed by atoms with Crippen LogP contribution in [-0.4, -0.2) is 48.8 Å². The lowest BCUT2D eigenvalue weighted by atomic mass is 9.99. The number of carboxylic acid groups (broad SMARTS) is 1. The summed E-state index contributed by atoms with van der Waals surface area (Å²) >= 11 is 0. The quantitative estimate of drug-likeness (QED) is 0.798.